The van der Waals surface area contributed by atoms with Crippen LogP contribution in [0.15, 0.2) is 0 Å². The summed E-state index contributed by atoms with van der Waals surface area (Å²) in [5.41, 5.74) is 0. The molecule has 0 saturated carbocycles. The van der Waals surface area contributed by atoms with Crippen molar-refractivity contribution < 1.29 is 36.8 Å². The minimum absolute atomic E-state index is 0. The number of rotatable bonds is 0. The molecule has 0 radical (unpaired) electrons. The molecule has 0 aliphatic heterocycles. The zero-order chi connectivity index (χ0) is 9.00. The Kier molecular flexibility index (Phi) is 16.6. The van der Waals surface area contributed by atoms with E-state index in [0.717, 1.165) is 0 Å². The first-order valence-electron chi connectivity index (χ1n) is 3.45. The van der Waals surface area contributed by atoms with Gasteiger partial charge in [0.25, 0.3) is 0 Å². The first-order valence-corrected chi connectivity index (χ1v) is 10.3. The summed E-state index contributed by atoms with van der Waals surface area (Å²) in [6.07, 6.45) is 0. The van der Waals surface area contributed by atoms with E-state index >= 15 is 0 Å². The molecule has 3 nitrogen and oxygen atoms in total. The van der Waals surface area contributed by atoms with Gasteiger partial charge >= 0.3 is 0 Å². The average Bonchev–Trinajstić information content (AvgIpc) is 1.12. The number of hydrogen-bond donors (Lipinski definition) is 2. The van der Waals surface area contributed by atoms with E-state index in [9.17, 15) is 0 Å². The van der Waals surface area contributed by atoms with Crippen LogP contribution in [0.5, 0.6) is 0 Å². The van der Waals surface area contributed by atoms with Crippen molar-refractivity contribution in [2.75, 3.05) is 0 Å². The summed E-state index contributed by atoms with van der Waals surface area (Å²) in [5.74, 6) is 0. The van der Waals surface area contributed by atoms with Crippen molar-refractivity contribution in [2.45, 2.75) is 39.3 Å². The predicted octanol–water partition coefficient (Wildman–Crippen LogP) is 0.800. The maximum atomic E-state index is 8.66. The second-order valence-corrected chi connectivity index (χ2v) is 13.0. The van der Waals surface area contributed by atoms with Gasteiger partial charge in [0, 0.05) is 21.7 Å². The smallest absolute Gasteiger partial charge is 0.179 e. The van der Waals surface area contributed by atoms with Gasteiger partial charge in [-0.25, -0.2) is 0 Å². The molecular weight excluding hydrogens is 224 g/mol. The molecule has 0 bridgehead atoms. The van der Waals surface area contributed by atoms with Gasteiger partial charge in [-0.2, -0.15) is 0 Å². The van der Waals surface area contributed by atoms with E-state index in [1.54, 1.807) is 0 Å². The Labute approximate surface area is 92.7 Å². The van der Waals surface area contributed by atoms with Gasteiger partial charge in [-0.15, -0.1) is 0 Å². The van der Waals surface area contributed by atoms with Gasteiger partial charge in [0.2, 0.25) is 0 Å². The van der Waals surface area contributed by atoms with Gasteiger partial charge in [0.05, 0.1) is 0 Å². The van der Waals surface area contributed by atoms with Crippen LogP contribution in [0.4, 0.5) is 0 Å². The Bertz CT molecular complexity index is 63.8. The molecule has 4 N–H and O–H groups in total. The first kappa shape index (κ1) is 23.1. The molecule has 0 fully saturated rings. The molecule has 0 rings (SSSR count). The van der Waals surface area contributed by atoms with E-state index in [4.69, 9.17) is 9.59 Å². The Morgan fingerprint density at radius 2 is 0.667 bits per heavy atom. The standard InChI is InChI=1S/2C3H10OSi.H2O.Ti/c2*1-5(2,3)4;;/h2*4H,1-3H3;1H2;. The first-order chi connectivity index (χ1) is 4.00. The second-order valence-electron chi connectivity index (χ2n) is 4.34. The molecule has 0 aliphatic rings. The summed E-state index contributed by atoms with van der Waals surface area (Å²) in [6, 6.07) is 0. The third-order valence-electron chi connectivity index (χ3n) is 0. The molecule has 0 atom stereocenters. The van der Waals surface area contributed by atoms with Gasteiger partial charge in [0.1, 0.15) is 0 Å². The van der Waals surface area contributed by atoms with Crippen LogP contribution in [0.25, 0.3) is 0 Å². The van der Waals surface area contributed by atoms with E-state index in [1.165, 1.54) is 0 Å². The van der Waals surface area contributed by atoms with Crippen molar-refractivity contribution in [1.82, 2.24) is 0 Å². The van der Waals surface area contributed by atoms with Crippen molar-refractivity contribution in [3.63, 3.8) is 0 Å². The molecular formula is C6H22O3Si2Ti. The summed E-state index contributed by atoms with van der Waals surface area (Å²) in [4.78, 5) is 17.3. The molecule has 0 aromatic heterocycles. The third-order valence-corrected chi connectivity index (χ3v) is 0. The van der Waals surface area contributed by atoms with Gasteiger partial charge in [0.15, 0.2) is 16.6 Å². The molecule has 0 aromatic carbocycles. The van der Waals surface area contributed by atoms with Crippen molar-refractivity contribution in [2.24, 2.45) is 0 Å². The summed E-state index contributed by atoms with van der Waals surface area (Å²) in [6.45, 7) is 11.3. The molecule has 6 heteroatoms. The van der Waals surface area contributed by atoms with Crippen molar-refractivity contribution >= 4 is 16.6 Å². The van der Waals surface area contributed by atoms with Crippen LogP contribution in [0, 0.1) is 0 Å². The normalized spacial score (nSPS) is 10.0. The van der Waals surface area contributed by atoms with E-state index in [2.05, 4.69) is 0 Å². The molecule has 76 valence electrons. The Morgan fingerprint density at radius 3 is 0.667 bits per heavy atom. The zero-order valence-corrected chi connectivity index (χ0v) is 12.5. The SMILES string of the molecule is C[Si](C)(C)O.C[Si](C)(C)O.O.[Ti]. The summed E-state index contributed by atoms with van der Waals surface area (Å²) >= 11 is 0. The van der Waals surface area contributed by atoms with Crippen LogP contribution in [-0.2, 0) is 21.7 Å². The quantitative estimate of drug-likeness (QED) is 0.620. The van der Waals surface area contributed by atoms with Gasteiger partial charge in [-0.3, -0.25) is 0 Å². The summed E-state index contributed by atoms with van der Waals surface area (Å²) in [7, 11) is -3.22. The Hall–Kier alpha value is 1.03. The molecule has 0 spiro atoms. The summed E-state index contributed by atoms with van der Waals surface area (Å²) < 4.78 is 0. The van der Waals surface area contributed by atoms with E-state index < -0.39 is 16.6 Å². The molecule has 0 heterocycles. The van der Waals surface area contributed by atoms with Crippen LogP contribution in [0.2, 0.25) is 39.3 Å². The Balaban J connectivity index is -0.0000000457. The molecule has 0 saturated heterocycles. The van der Waals surface area contributed by atoms with Crippen LogP contribution >= 0.6 is 0 Å². The summed E-state index contributed by atoms with van der Waals surface area (Å²) in [5, 5.41) is 0. The minimum atomic E-state index is -1.61. The molecule has 0 aliphatic carbocycles. The molecule has 12 heavy (non-hydrogen) atoms. The van der Waals surface area contributed by atoms with E-state index in [1.807, 2.05) is 39.3 Å². The van der Waals surface area contributed by atoms with Gasteiger partial charge in [-0.1, -0.05) is 0 Å². The fraction of sp³-hybridized carbons (Fsp3) is 1.00. The van der Waals surface area contributed by atoms with E-state index in [0.29, 0.717) is 0 Å². The number of hydrogen-bond acceptors (Lipinski definition) is 2. The van der Waals surface area contributed by atoms with Gasteiger partial charge in [-0.05, 0) is 39.3 Å². The monoisotopic (exact) mass is 246 g/mol. The molecule has 0 unspecified atom stereocenters. The van der Waals surface area contributed by atoms with Crippen molar-refractivity contribution in [3.05, 3.63) is 0 Å². The van der Waals surface area contributed by atoms with Crippen molar-refractivity contribution in [3.8, 4) is 0 Å². The Morgan fingerprint density at radius 1 is 0.667 bits per heavy atom. The van der Waals surface area contributed by atoms with E-state index in [-0.39, 0.29) is 27.2 Å². The van der Waals surface area contributed by atoms with Crippen molar-refractivity contribution in [1.29, 1.82) is 0 Å². The topological polar surface area (TPSA) is 72.0 Å². The van der Waals surface area contributed by atoms with Crippen LogP contribution in [0.1, 0.15) is 0 Å². The second kappa shape index (κ2) is 8.62. The maximum absolute atomic E-state index is 8.66. The third kappa shape index (κ3) is 1050. The fourth-order valence-electron chi connectivity index (χ4n) is 0. The van der Waals surface area contributed by atoms with Gasteiger partial charge < -0.3 is 15.1 Å². The maximum Gasteiger partial charge on any atom is 0.179 e. The molecule has 0 amide bonds. The largest absolute Gasteiger partial charge is 0.433 e. The predicted molar refractivity (Wildman–Crippen MR) is 54.7 cm³/mol. The van der Waals surface area contributed by atoms with Crippen LogP contribution < -0.4 is 0 Å². The van der Waals surface area contributed by atoms with Crippen LogP contribution in [-0.4, -0.2) is 31.7 Å². The molecule has 0 aromatic rings. The minimum Gasteiger partial charge on any atom is -0.433 e. The fourth-order valence-corrected chi connectivity index (χ4v) is 0. The van der Waals surface area contributed by atoms with Crippen LogP contribution in [0.3, 0.4) is 0 Å². The zero-order valence-electron chi connectivity index (χ0n) is 8.89. The average molecular weight is 246 g/mol.